The molecule has 0 spiro atoms. The molecule has 9 nitrogen and oxygen atoms in total. The summed E-state index contributed by atoms with van der Waals surface area (Å²) in [6.07, 6.45) is 1.66. The van der Waals surface area contributed by atoms with Crippen molar-refractivity contribution in [2.45, 2.75) is 30.3 Å². The maximum atomic E-state index is 12.8. The van der Waals surface area contributed by atoms with Crippen molar-refractivity contribution in [2.24, 2.45) is 7.05 Å². The average molecular weight is 435 g/mol. The third kappa shape index (κ3) is 3.63. The number of hydrogen-bond acceptors (Lipinski definition) is 6. The van der Waals surface area contributed by atoms with E-state index in [0.717, 1.165) is 28.7 Å². The number of carbonyl (C=O) groups is 1. The van der Waals surface area contributed by atoms with Gasteiger partial charge in [0, 0.05) is 13.1 Å². The van der Waals surface area contributed by atoms with Gasteiger partial charge in [-0.2, -0.15) is 0 Å². The molecule has 0 aliphatic heterocycles. The van der Waals surface area contributed by atoms with E-state index in [2.05, 4.69) is 4.72 Å². The molecule has 0 bridgehead atoms. The number of hydrogen-bond donors (Lipinski definition) is 2. The van der Waals surface area contributed by atoms with Gasteiger partial charge < -0.3 is 5.11 Å². The Kier molecular flexibility index (Phi) is 4.68. The van der Waals surface area contributed by atoms with Crippen LogP contribution in [0.1, 0.15) is 28.1 Å². The molecule has 1 fully saturated rings. The van der Waals surface area contributed by atoms with Crippen molar-refractivity contribution in [3.63, 3.8) is 0 Å². The van der Waals surface area contributed by atoms with Crippen molar-refractivity contribution < 1.29 is 18.3 Å². The highest BCUT2D eigenvalue weighted by molar-refractivity contribution is 7.89. The van der Waals surface area contributed by atoms with Gasteiger partial charge in [0.2, 0.25) is 10.0 Å². The zero-order chi connectivity index (χ0) is 20.9. The molecule has 11 heteroatoms. The van der Waals surface area contributed by atoms with Gasteiger partial charge in [-0.3, -0.25) is 13.9 Å². The molecule has 1 aliphatic rings. The summed E-state index contributed by atoms with van der Waals surface area (Å²) in [5.41, 5.74) is -0.588. The first-order chi connectivity index (χ1) is 13.7. The number of nitrogens with one attached hydrogen (secondary N) is 1. The average Bonchev–Trinajstić information content (AvgIpc) is 3.35. The zero-order valence-electron chi connectivity index (χ0n) is 15.3. The molecule has 4 rings (SSSR count). The number of carboxylic acid groups (broad SMARTS) is 1. The Bertz CT molecular complexity index is 1350. The standard InChI is InChI=1S/C18H17N3O6S2/c1-20-16-13(8-14(28-16)17(23)24)15(22)21(18(20)25)9-10-2-6-12(7-3-10)29(26,27)19-11-4-5-11/h2-3,6-8,11,19H,4-5,9H2,1H3,(H,23,24). The molecule has 0 radical (unpaired) electrons. The van der Waals surface area contributed by atoms with E-state index in [-0.39, 0.29) is 27.7 Å². The predicted molar refractivity (Wildman–Crippen MR) is 107 cm³/mol. The lowest BCUT2D eigenvalue weighted by Crippen LogP contribution is -2.38. The maximum absolute atomic E-state index is 12.8. The number of aryl methyl sites for hydroxylation is 1. The molecule has 1 aliphatic carbocycles. The van der Waals surface area contributed by atoms with Crippen LogP contribution in [0.3, 0.4) is 0 Å². The normalized spacial score (nSPS) is 14.4. The molecular formula is C18H17N3O6S2. The van der Waals surface area contributed by atoms with Gasteiger partial charge in [0.1, 0.15) is 9.71 Å². The third-order valence-corrected chi connectivity index (χ3v) is 7.43. The molecular weight excluding hydrogens is 418 g/mol. The summed E-state index contributed by atoms with van der Waals surface area (Å²) in [6.45, 7) is -0.0594. The Hall–Kier alpha value is -2.76. The topological polar surface area (TPSA) is 127 Å². The first-order valence-corrected chi connectivity index (χ1v) is 11.1. The summed E-state index contributed by atoms with van der Waals surface area (Å²) in [6, 6.07) is 7.22. The third-order valence-electron chi connectivity index (χ3n) is 4.69. The van der Waals surface area contributed by atoms with Crippen LogP contribution in [0.15, 0.2) is 44.8 Å². The fourth-order valence-electron chi connectivity index (χ4n) is 2.97. The summed E-state index contributed by atoms with van der Waals surface area (Å²) in [4.78, 5) is 37.0. The minimum absolute atomic E-state index is 0.00527. The number of nitrogens with zero attached hydrogens (tertiary/aromatic N) is 2. The molecule has 152 valence electrons. The summed E-state index contributed by atoms with van der Waals surface area (Å²) in [5.74, 6) is -1.17. The van der Waals surface area contributed by atoms with Gasteiger partial charge in [0.15, 0.2) is 0 Å². The van der Waals surface area contributed by atoms with Gasteiger partial charge in [-0.1, -0.05) is 12.1 Å². The summed E-state index contributed by atoms with van der Waals surface area (Å²) in [7, 11) is -2.11. The van der Waals surface area contributed by atoms with Crippen molar-refractivity contribution >= 4 is 37.5 Å². The fraction of sp³-hybridized carbons (Fsp3) is 0.278. The minimum atomic E-state index is -3.58. The van der Waals surface area contributed by atoms with Crippen molar-refractivity contribution in [2.75, 3.05) is 0 Å². The van der Waals surface area contributed by atoms with Crippen LogP contribution in [-0.4, -0.2) is 34.7 Å². The second-order valence-electron chi connectivity index (χ2n) is 6.91. The smallest absolute Gasteiger partial charge is 0.345 e. The molecule has 0 atom stereocenters. The van der Waals surface area contributed by atoms with Gasteiger partial charge >= 0.3 is 11.7 Å². The molecule has 0 amide bonds. The summed E-state index contributed by atoms with van der Waals surface area (Å²) in [5, 5.41) is 9.31. The highest BCUT2D eigenvalue weighted by Crippen LogP contribution is 2.23. The number of aromatic nitrogens is 2. The van der Waals surface area contributed by atoms with E-state index in [9.17, 15) is 22.8 Å². The van der Waals surface area contributed by atoms with Crippen LogP contribution in [0, 0.1) is 0 Å². The molecule has 0 saturated heterocycles. The molecule has 1 aromatic carbocycles. The van der Waals surface area contributed by atoms with E-state index in [1.807, 2.05) is 0 Å². The Morgan fingerprint density at radius 3 is 2.48 bits per heavy atom. The first kappa shape index (κ1) is 19.6. The van der Waals surface area contributed by atoms with Crippen molar-refractivity contribution in [1.82, 2.24) is 13.9 Å². The SMILES string of the molecule is Cn1c(=O)n(Cc2ccc(S(=O)(=O)NC3CC3)cc2)c(=O)c2cc(C(=O)O)sc21. The van der Waals surface area contributed by atoms with Crippen LogP contribution in [0.5, 0.6) is 0 Å². The predicted octanol–water partition coefficient (Wildman–Crippen LogP) is 0.949. The lowest BCUT2D eigenvalue weighted by molar-refractivity contribution is 0.0702. The second-order valence-corrected chi connectivity index (χ2v) is 9.65. The van der Waals surface area contributed by atoms with E-state index in [4.69, 9.17) is 5.11 Å². The van der Waals surface area contributed by atoms with E-state index < -0.39 is 27.2 Å². The van der Waals surface area contributed by atoms with Gasteiger partial charge in [-0.15, -0.1) is 11.3 Å². The van der Waals surface area contributed by atoms with Crippen LogP contribution >= 0.6 is 11.3 Å². The Labute approximate surface area is 168 Å². The molecule has 2 aromatic heterocycles. The van der Waals surface area contributed by atoms with Crippen LogP contribution in [0.25, 0.3) is 10.2 Å². The highest BCUT2D eigenvalue weighted by Gasteiger charge is 2.27. The van der Waals surface area contributed by atoms with Crippen LogP contribution < -0.4 is 16.0 Å². The number of aromatic carboxylic acids is 1. The first-order valence-electron chi connectivity index (χ1n) is 8.75. The minimum Gasteiger partial charge on any atom is -0.477 e. The van der Waals surface area contributed by atoms with Gasteiger partial charge in [0.05, 0.1) is 16.8 Å². The lowest BCUT2D eigenvalue weighted by Gasteiger charge is -2.10. The number of benzene rings is 1. The number of carboxylic acids is 1. The fourth-order valence-corrected chi connectivity index (χ4v) is 5.22. The Balaban J connectivity index is 1.70. The number of rotatable bonds is 6. The van der Waals surface area contributed by atoms with Crippen LogP contribution in [-0.2, 0) is 23.6 Å². The van der Waals surface area contributed by atoms with E-state index in [1.54, 1.807) is 12.1 Å². The lowest BCUT2D eigenvalue weighted by atomic mass is 10.2. The largest absolute Gasteiger partial charge is 0.477 e. The van der Waals surface area contributed by atoms with Crippen LogP contribution in [0.2, 0.25) is 0 Å². The number of sulfonamides is 1. The number of fused-ring (bicyclic) bond motifs is 1. The van der Waals surface area contributed by atoms with E-state index >= 15 is 0 Å². The van der Waals surface area contributed by atoms with Crippen LogP contribution in [0.4, 0.5) is 0 Å². The van der Waals surface area contributed by atoms with E-state index in [1.165, 1.54) is 29.8 Å². The Morgan fingerprint density at radius 2 is 1.90 bits per heavy atom. The number of thiophene rings is 1. The molecule has 2 N–H and O–H groups in total. The zero-order valence-corrected chi connectivity index (χ0v) is 16.9. The maximum Gasteiger partial charge on any atom is 0.345 e. The van der Waals surface area contributed by atoms with Gasteiger partial charge in [-0.25, -0.2) is 22.7 Å². The summed E-state index contributed by atoms with van der Waals surface area (Å²) < 4.78 is 29.3. The molecule has 1 saturated carbocycles. The van der Waals surface area contributed by atoms with Gasteiger partial charge in [-0.05, 0) is 36.6 Å². The monoisotopic (exact) mass is 435 g/mol. The molecule has 3 aromatic rings. The van der Waals surface area contributed by atoms with Crippen molar-refractivity contribution in [3.05, 3.63) is 61.6 Å². The van der Waals surface area contributed by atoms with Crippen molar-refractivity contribution in [3.8, 4) is 0 Å². The highest BCUT2D eigenvalue weighted by atomic mass is 32.2. The molecule has 29 heavy (non-hydrogen) atoms. The summed E-state index contributed by atoms with van der Waals surface area (Å²) >= 11 is 0.866. The second kappa shape index (κ2) is 6.94. The van der Waals surface area contributed by atoms with E-state index in [0.29, 0.717) is 10.4 Å². The molecule has 2 heterocycles. The molecule has 0 unspecified atom stereocenters. The quantitative estimate of drug-likeness (QED) is 0.593. The Morgan fingerprint density at radius 1 is 1.24 bits per heavy atom. The van der Waals surface area contributed by atoms with Gasteiger partial charge in [0.25, 0.3) is 5.56 Å². The van der Waals surface area contributed by atoms with Crippen molar-refractivity contribution in [1.29, 1.82) is 0 Å².